The van der Waals surface area contributed by atoms with Crippen LogP contribution in [-0.4, -0.2) is 33.8 Å². The van der Waals surface area contributed by atoms with Crippen LogP contribution in [0.5, 0.6) is 0 Å². The Morgan fingerprint density at radius 2 is 1.83 bits per heavy atom. The minimum Gasteiger partial charge on any atom is -0.452 e. The van der Waals surface area contributed by atoms with Gasteiger partial charge in [-0.05, 0) is 58.0 Å². The summed E-state index contributed by atoms with van der Waals surface area (Å²) in [6.07, 6.45) is 1.71. The monoisotopic (exact) mass is 315 g/mol. The number of aromatic nitrogens is 2. The first-order chi connectivity index (χ1) is 10.8. The van der Waals surface area contributed by atoms with Crippen LogP contribution < -0.4 is 5.32 Å². The van der Waals surface area contributed by atoms with E-state index in [1.165, 1.54) is 0 Å². The van der Waals surface area contributed by atoms with E-state index in [4.69, 9.17) is 4.74 Å². The molecule has 0 aliphatic rings. The van der Waals surface area contributed by atoms with E-state index in [0.29, 0.717) is 5.56 Å². The molecule has 6 heteroatoms. The Labute approximate surface area is 135 Å². The molecule has 0 fully saturated rings. The molecule has 0 spiro atoms. The van der Waals surface area contributed by atoms with E-state index in [-0.39, 0.29) is 18.1 Å². The number of nitrogens with zero attached hydrogens (tertiary/aromatic N) is 2. The molecular weight excluding hydrogens is 294 g/mol. The molecular formula is C17H21N3O3. The van der Waals surface area contributed by atoms with Gasteiger partial charge in [0.1, 0.15) is 0 Å². The molecule has 1 heterocycles. The summed E-state index contributed by atoms with van der Waals surface area (Å²) in [5, 5.41) is 6.93. The Bertz CT molecular complexity index is 697. The number of hydrogen-bond donors (Lipinski definition) is 1. The van der Waals surface area contributed by atoms with Gasteiger partial charge in [0.25, 0.3) is 5.91 Å². The van der Waals surface area contributed by atoms with E-state index < -0.39 is 5.97 Å². The van der Waals surface area contributed by atoms with Crippen molar-refractivity contribution in [3.63, 3.8) is 0 Å². The van der Waals surface area contributed by atoms with E-state index in [0.717, 1.165) is 11.4 Å². The number of aryl methyl sites for hydroxylation is 1. The van der Waals surface area contributed by atoms with Crippen LogP contribution in [0.3, 0.4) is 0 Å². The minimum atomic E-state index is -0.530. The van der Waals surface area contributed by atoms with Crippen LogP contribution in [0.15, 0.2) is 36.5 Å². The third-order valence-electron chi connectivity index (χ3n) is 3.03. The van der Waals surface area contributed by atoms with Gasteiger partial charge in [0.2, 0.25) is 0 Å². The van der Waals surface area contributed by atoms with Crippen molar-refractivity contribution in [2.45, 2.75) is 33.2 Å². The Kier molecular flexibility index (Phi) is 4.83. The fraction of sp³-hybridized carbons (Fsp3) is 0.353. The number of esters is 1. The summed E-state index contributed by atoms with van der Waals surface area (Å²) < 4.78 is 6.79. The standard InChI is InChI=1S/C17H21N3O3/c1-12-9-10-18-20(12)14-7-5-13(6-8-14)16(22)23-11-15(21)19-17(2,3)4/h5-10H,11H2,1-4H3,(H,19,21). The third kappa shape index (κ3) is 4.67. The van der Waals surface area contributed by atoms with Gasteiger partial charge < -0.3 is 10.1 Å². The lowest BCUT2D eigenvalue weighted by molar-refractivity contribution is -0.125. The van der Waals surface area contributed by atoms with Gasteiger partial charge in [-0.25, -0.2) is 9.48 Å². The van der Waals surface area contributed by atoms with Crippen molar-refractivity contribution >= 4 is 11.9 Å². The second-order valence-electron chi connectivity index (χ2n) is 6.31. The zero-order valence-electron chi connectivity index (χ0n) is 13.8. The van der Waals surface area contributed by atoms with Crippen molar-refractivity contribution in [1.82, 2.24) is 15.1 Å². The molecule has 1 N–H and O–H groups in total. The maximum atomic E-state index is 12.0. The Morgan fingerprint density at radius 3 is 2.35 bits per heavy atom. The van der Waals surface area contributed by atoms with Crippen LogP contribution in [0, 0.1) is 6.92 Å². The normalized spacial score (nSPS) is 11.1. The molecule has 2 rings (SSSR count). The lowest BCUT2D eigenvalue weighted by atomic mass is 10.1. The highest BCUT2D eigenvalue weighted by atomic mass is 16.5. The summed E-state index contributed by atoms with van der Waals surface area (Å²) in [6, 6.07) is 8.77. The molecule has 0 saturated heterocycles. The van der Waals surface area contributed by atoms with E-state index in [2.05, 4.69) is 10.4 Å². The van der Waals surface area contributed by atoms with Gasteiger partial charge in [0.05, 0.1) is 11.3 Å². The molecule has 6 nitrogen and oxygen atoms in total. The van der Waals surface area contributed by atoms with Gasteiger partial charge in [0, 0.05) is 17.4 Å². The van der Waals surface area contributed by atoms with Crippen molar-refractivity contribution < 1.29 is 14.3 Å². The molecule has 0 saturated carbocycles. The highest BCUT2D eigenvalue weighted by Gasteiger charge is 2.16. The number of hydrogen-bond acceptors (Lipinski definition) is 4. The molecule has 0 unspecified atom stereocenters. The quantitative estimate of drug-likeness (QED) is 0.878. The van der Waals surface area contributed by atoms with E-state index in [9.17, 15) is 9.59 Å². The summed E-state index contributed by atoms with van der Waals surface area (Å²) in [5.41, 5.74) is 1.89. The smallest absolute Gasteiger partial charge is 0.338 e. The first-order valence-corrected chi connectivity index (χ1v) is 7.35. The summed E-state index contributed by atoms with van der Waals surface area (Å²) in [4.78, 5) is 23.6. The van der Waals surface area contributed by atoms with Crippen molar-refractivity contribution in [2.75, 3.05) is 6.61 Å². The molecule has 0 aliphatic heterocycles. The number of carbonyl (C=O) groups is 2. The Morgan fingerprint density at radius 1 is 1.17 bits per heavy atom. The van der Waals surface area contributed by atoms with Crippen molar-refractivity contribution in [3.05, 3.63) is 47.8 Å². The van der Waals surface area contributed by atoms with E-state index in [1.54, 1.807) is 35.1 Å². The molecule has 1 aromatic heterocycles. The van der Waals surface area contributed by atoms with Crippen molar-refractivity contribution in [3.8, 4) is 5.69 Å². The zero-order valence-corrected chi connectivity index (χ0v) is 13.8. The zero-order chi connectivity index (χ0) is 17.0. The first kappa shape index (κ1) is 16.7. The first-order valence-electron chi connectivity index (χ1n) is 7.35. The molecule has 0 atom stereocenters. The number of nitrogens with one attached hydrogen (secondary N) is 1. The average molecular weight is 315 g/mol. The highest BCUT2D eigenvalue weighted by Crippen LogP contribution is 2.12. The molecule has 1 aromatic carbocycles. The Hall–Kier alpha value is -2.63. The highest BCUT2D eigenvalue weighted by molar-refractivity contribution is 5.91. The second-order valence-corrected chi connectivity index (χ2v) is 6.31. The van der Waals surface area contributed by atoms with Gasteiger partial charge >= 0.3 is 5.97 Å². The van der Waals surface area contributed by atoms with Gasteiger partial charge in [-0.15, -0.1) is 0 Å². The van der Waals surface area contributed by atoms with Crippen LogP contribution >= 0.6 is 0 Å². The Balaban J connectivity index is 1.96. The SMILES string of the molecule is Cc1ccnn1-c1ccc(C(=O)OCC(=O)NC(C)(C)C)cc1. The van der Waals surface area contributed by atoms with E-state index in [1.807, 2.05) is 33.8 Å². The predicted molar refractivity (Wildman–Crippen MR) is 86.5 cm³/mol. The van der Waals surface area contributed by atoms with Gasteiger partial charge in [-0.1, -0.05) is 0 Å². The molecule has 0 bridgehead atoms. The number of benzene rings is 1. The largest absolute Gasteiger partial charge is 0.452 e. The average Bonchev–Trinajstić information content (AvgIpc) is 2.89. The molecule has 0 radical (unpaired) electrons. The second kappa shape index (κ2) is 6.64. The maximum absolute atomic E-state index is 12.0. The van der Waals surface area contributed by atoms with Gasteiger partial charge in [0.15, 0.2) is 6.61 Å². The van der Waals surface area contributed by atoms with E-state index >= 15 is 0 Å². The molecule has 1 amide bonds. The maximum Gasteiger partial charge on any atom is 0.338 e. The molecule has 122 valence electrons. The van der Waals surface area contributed by atoms with Crippen LogP contribution in [0.2, 0.25) is 0 Å². The number of carbonyl (C=O) groups excluding carboxylic acids is 2. The number of amides is 1. The number of rotatable bonds is 4. The summed E-state index contributed by atoms with van der Waals surface area (Å²) in [5.74, 6) is -0.854. The fourth-order valence-electron chi connectivity index (χ4n) is 2.05. The van der Waals surface area contributed by atoms with Crippen LogP contribution in [0.25, 0.3) is 5.69 Å². The van der Waals surface area contributed by atoms with Crippen molar-refractivity contribution in [1.29, 1.82) is 0 Å². The predicted octanol–water partition coefficient (Wildman–Crippen LogP) is 2.25. The summed E-state index contributed by atoms with van der Waals surface area (Å²) in [6.45, 7) is 7.24. The lowest BCUT2D eigenvalue weighted by Gasteiger charge is -2.20. The number of ether oxygens (including phenoxy) is 1. The van der Waals surface area contributed by atoms with Gasteiger partial charge in [-0.3, -0.25) is 4.79 Å². The lowest BCUT2D eigenvalue weighted by Crippen LogP contribution is -2.42. The third-order valence-corrected chi connectivity index (χ3v) is 3.03. The van der Waals surface area contributed by atoms with Crippen LogP contribution in [0.4, 0.5) is 0 Å². The van der Waals surface area contributed by atoms with Crippen molar-refractivity contribution in [2.24, 2.45) is 0 Å². The van der Waals surface area contributed by atoms with Crippen LogP contribution in [-0.2, 0) is 9.53 Å². The fourth-order valence-corrected chi connectivity index (χ4v) is 2.05. The molecule has 23 heavy (non-hydrogen) atoms. The summed E-state index contributed by atoms with van der Waals surface area (Å²) in [7, 11) is 0. The minimum absolute atomic E-state index is 0.296. The summed E-state index contributed by atoms with van der Waals surface area (Å²) >= 11 is 0. The molecule has 2 aromatic rings. The molecule has 0 aliphatic carbocycles. The van der Waals surface area contributed by atoms with Gasteiger partial charge in [-0.2, -0.15) is 5.10 Å². The topological polar surface area (TPSA) is 73.2 Å². The van der Waals surface area contributed by atoms with Crippen LogP contribution in [0.1, 0.15) is 36.8 Å².